The Bertz CT molecular complexity index is 746. The van der Waals surface area contributed by atoms with Crippen LogP contribution in [0.2, 0.25) is 5.02 Å². The molecule has 0 unspecified atom stereocenters. The minimum Gasteiger partial charge on any atom is -0.278 e. The summed E-state index contributed by atoms with van der Waals surface area (Å²) in [6, 6.07) is 8.66. The Kier molecular flexibility index (Phi) is 2.19. The first-order valence-electron chi connectivity index (χ1n) is 4.94. The number of H-pyrrole nitrogens is 1. The minimum atomic E-state index is -0.220. The number of halogens is 1. The summed E-state index contributed by atoms with van der Waals surface area (Å²) in [6.07, 6.45) is 1.42. The number of nitrogens with zero attached hydrogens (tertiary/aromatic N) is 3. The molecular weight excluding hydrogens is 240 g/mol. The normalized spacial score (nSPS) is 10.9. The molecule has 0 aliphatic rings. The van der Waals surface area contributed by atoms with Crippen molar-refractivity contribution in [3.8, 4) is 11.3 Å². The Morgan fingerprint density at radius 3 is 2.94 bits per heavy atom. The molecule has 0 bridgehead atoms. The molecular formula is C11H7ClN4O. The van der Waals surface area contributed by atoms with E-state index in [4.69, 9.17) is 11.6 Å². The van der Waals surface area contributed by atoms with E-state index in [0.29, 0.717) is 16.5 Å². The Labute approximate surface area is 101 Å². The number of aromatic amines is 1. The summed E-state index contributed by atoms with van der Waals surface area (Å²) in [6.45, 7) is 0. The monoisotopic (exact) mass is 246 g/mol. The van der Waals surface area contributed by atoms with Gasteiger partial charge in [0.05, 0.1) is 5.69 Å². The zero-order valence-corrected chi connectivity index (χ0v) is 9.35. The molecule has 0 radical (unpaired) electrons. The molecule has 1 aromatic carbocycles. The summed E-state index contributed by atoms with van der Waals surface area (Å²) in [5, 5.41) is 3.23. The van der Waals surface area contributed by atoms with Crippen molar-refractivity contribution in [2.24, 2.45) is 0 Å². The topological polar surface area (TPSA) is 63.0 Å². The number of benzene rings is 1. The molecule has 0 aliphatic heterocycles. The molecule has 0 saturated heterocycles. The second-order valence-corrected chi connectivity index (χ2v) is 3.89. The van der Waals surface area contributed by atoms with Gasteiger partial charge >= 0.3 is 0 Å². The van der Waals surface area contributed by atoms with Gasteiger partial charge in [0.25, 0.3) is 11.3 Å². The van der Waals surface area contributed by atoms with Gasteiger partial charge in [-0.3, -0.25) is 9.89 Å². The lowest BCUT2D eigenvalue weighted by molar-refractivity contribution is 0.900. The minimum absolute atomic E-state index is 0.220. The average Bonchev–Trinajstić information content (AvgIpc) is 2.78. The molecule has 3 aromatic rings. The van der Waals surface area contributed by atoms with Crippen molar-refractivity contribution < 1.29 is 0 Å². The maximum atomic E-state index is 11.8. The molecule has 0 spiro atoms. The fourth-order valence-corrected chi connectivity index (χ4v) is 1.86. The molecule has 2 heterocycles. The van der Waals surface area contributed by atoms with E-state index in [9.17, 15) is 4.79 Å². The van der Waals surface area contributed by atoms with Gasteiger partial charge < -0.3 is 0 Å². The molecule has 6 heteroatoms. The van der Waals surface area contributed by atoms with Gasteiger partial charge in [-0.25, -0.2) is 9.97 Å². The largest absolute Gasteiger partial charge is 0.278 e. The van der Waals surface area contributed by atoms with Crippen LogP contribution in [0.25, 0.3) is 17.0 Å². The van der Waals surface area contributed by atoms with Crippen LogP contribution in [-0.2, 0) is 0 Å². The molecule has 17 heavy (non-hydrogen) atoms. The van der Waals surface area contributed by atoms with E-state index in [1.807, 2.05) is 18.2 Å². The van der Waals surface area contributed by atoms with E-state index < -0.39 is 0 Å². The van der Waals surface area contributed by atoms with Gasteiger partial charge in [0.2, 0.25) is 0 Å². The number of hydrogen-bond acceptors (Lipinski definition) is 3. The smallest absolute Gasteiger partial charge is 0.274 e. The zero-order valence-electron chi connectivity index (χ0n) is 8.59. The van der Waals surface area contributed by atoms with Gasteiger partial charge in [-0.05, 0) is 6.07 Å². The van der Waals surface area contributed by atoms with E-state index >= 15 is 0 Å². The number of rotatable bonds is 1. The highest BCUT2D eigenvalue weighted by atomic mass is 35.5. The van der Waals surface area contributed by atoms with Crippen LogP contribution in [-0.4, -0.2) is 19.6 Å². The van der Waals surface area contributed by atoms with Gasteiger partial charge in [-0.2, -0.15) is 4.52 Å². The third-order valence-corrected chi connectivity index (χ3v) is 2.75. The Hall–Kier alpha value is -2.14. The quantitative estimate of drug-likeness (QED) is 0.711. The van der Waals surface area contributed by atoms with E-state index in [2.05, 4.69) is 15.1 Å². The highest BCUT2D eigenvalue weighted by Crippen LogP contribution is 2.24. The van der Waals surface area contributed by atoms with Crippen LogP contribution in [0.1, 0.15) is 0 Å². The van der Waals surface area contributed by atoms with Crippen molar-refractivity contribution in [3.05, 3.63) is 52.0 Å². The third kappa shape index (κ3) is 1.60. The molecule has 0 atom stereocenters. The lowest BCUT2D eigenvalue weighted by Crippen LogP contribution is -2.14. The molecule has 84 valence electrons. The fourth-order valence-electron chi connectivity index (χ4n) is 1.63. The average molecular weight is 247 g/mol. The maximum Gasteiger partial charge on any atom is 0.274 e. The standard InChI is InChI=1S/C11H7ClN4O/c12-8-4-2-1-3-7(8)9-5-10(17)16-11(15-9)13-6-14-16/h1-6H,(H,13,14,15). The molecule has 0 aliphatic carbocycles. The van der Waals surface area contributed by atoms with Crippen LogP contribution in [0, 0.1) is 0 Å². The number of aromatic nitrogens is 4. The zero-order chi connectivity index (χ0) is 11.8. The first-order chi connectivity index (χ1) is 8.25. The summed E-state index contributed by atoms with van der Waals surface area (Å²) in [5.74, 6) is 0.326. The van der Waals surface area contributed by atoms with Crippen LogP contribution >= 0.6 is 11.6 Å². The first kappa shape index (κ1) is 10.0. The summed E-state index contributed by atoms with van der Waals surface area (Å²) in [7, 11) is 0. The van der Waals surface area contributed by atoms with Gasteiger partial charge in [-0.15, -0.1) is 0 Å². The second kappa shape index (κ2) is 3.71. The van der Waals surface area contributed by atoms with Crippen molar-refractivity contribution in [2.45, 2.75) is 0 Å². The highest BCUT2D eigenvalue weighted by molar-refractivity contribution is 6.33. The number of fused-ring (bicyclic) bond motifs is 1. The van der Waals surface area contributed by atoms with Crippen LogP contribution in [0.4, 0.5) is 0 Å². The summed E-state index contributed by atoms with van der Waals surface area (Å²) in [5.41, 5.74) is 1.02. The van der Waals surface area contributed by atoms with Crippen molar-refractivity contribution in [2.75, 3.05) is 0 Å². The Balaban J connectivity index is 2.32. The van der Waals surface area contributed by atoms with E-state index in [1.54, 1.807) is 6.07 Å². The number of nitrogens with one attached hydrogen (secondary N) is 1. The predicted octanol–water partition coefficient (Wildman–Crippen LogP) is 1.74. The summed E-state index contributed by atoms with van der Waals surface area (Å²) < 4.78 is 1.26. The molecule has 5 nitrogen and oxygen atoms in total. The first-order valence-corrected chi connectivity index (χ1v) is 5.31. The molecule has 0 fully saturated rings. The molecule has 3 rings (SSSR count). The van der Waals surface area contributed by atoms with Crippen molar-refractivity contribution in [1.29, 1.82) is 0 Å². The second-order valence-electron chi connectivity index (χ2n) is 3.48. The maximum absolute atomic E-state index is 11.8. The predicted molar refractivity (Wildman–Crippen MR) is 64.1 cm³/mol. The Morgan fingerprint density at radius 1 is 1.29 bits per heavy atom. The summed E-state index contributed by atoms with van der Waals surface area (Å²) in [4.78, 5) is 20.0. The van der Waals surface area contributed by atoms with Gasteiger partial charge in [0, 0.05) is 16.7 Å². The SMILES string of the molecule is O=c1cc(-c2ccccc2Cl)nc2nc[nH]n12. The van der Waals surface area contributed by atoms with Gasteiger partial charge in [-0.1, -0.05) is 29.8 Å². The number of hydrogen-bond donors (Lipinski definition) is 1. The third-order valence-electron chi connectivity index (χ3n) is 2.42. The van der Waals surface area contributed by atoms with Crippen molar-refractivity contribution in [1.82, 2.24) is 19.6 Å². The Morgan fingerprint density at radius 2 is 2.12 bits per heavy atom. The highest BCUT2D eigenvalue weighted by Gasteiger charge is 2.08. The molecule has 0 saturated carbocycles. The van der Waals surface area contributed by atoms with E-state index in [1.165, 1.54) is 16.9 Å². The lowest BCUT2D eigenvalue weighted by atomic mass is 10.1. The van der Waals surface area contributed by atoms with Gasteiger partial charge in [0.1, 0.15) is 6.33 Å². The molecule has 2 aromatic heterocycles. The fraction of sp³-hybridized carbons (Fsp3) is 0. The van der Waals surface area contributed by atoms with E-state index in [0.717, 1.165) is 5.56 Å². The van der Waals surface area contributed by atoms with Crippen molar-refractivity contribution in [3.63, 3.8) is 0 Å². The molecule has 1 N–H and O–H groups in total. The van der Waals surface area contributed by atoms with Crippen LogP contribution in [0.5, 0.6) is 0 Å². The van der Waals surface area contributed by atoms with Crippen LogP contribution < -0.4 is 5.56 Å². The van der Waals surface area contributed by atoms with Crippen LogP contribution in [0.15, 0.2) is 41.5 Å². The summed E-state index contributed by atoms with van der Waals surface area (Å²) >= 11 is 6.06. The van der Waals surface area contributed by atoms with Gasteiger partial charge in [0.15, 0.2) is 0 Å². The van der Waals surface area contributed by atoms with E-state index in [-0.39, 0.29) is 5.56 Å². The van der Waals surface area contributed by atoms with Crippen molar-refractivity contribution >= 4 is 17.4 Å². The molecule has 0 amide bonds. The van der Waals surface area contributed by atoms with Crippen LogP contribution in [0.3, 0.4) is 0 Å². The lowest BCUT2D eigenvalue weighted by Gasteiger charge is -2.02.